The summed E-state index contributed by atoms with van der Waals surface area (Å²) in [6, 6.07) is 5.14. The number of rotatable bonds is 3. The maximum absolute atomic E-state index is 5.63. The molecule has 1 aromatic carbocycles. The fourth-order valence-electron chi connectivity index (χ4n) is 3.93. The minimum atomic E-state index is 0.715. The lowest BCUT2D eigenvalue weighted by molar-refractivity contribution is 0.111. The lowest BCUT2D eigenvalue weighted by atomic mass is 9.75. The van der Waals surface area contributed by atoms with Crippen molar-refractivity contribution in [1.29, 1.82) is 0 Å². The molecule has 3 heteroatoms. The molecule has 1 aliphatic heterocycles. The quantitative estimate of drug-likeness (QED) is 0.789. The molecular formula is C17H25NOS. The largest absolute Gasteiger partial charge is 0.496 e. The second-order valence-electron chi connectivity index (χ2n) is 6.01. The number of benzene rings is 1. The van der Waals surface area contributed by atoms with Gasteiger partial charge in [-0.3, -0.25) is 0 Å². The van der Waals surface area contributed by atoms with Crippen molar-refractivity contribution in [2.75, 3.05) is 26.5 Å². The molecule has 0 N–H and O–H groups in total. The first-order valence-corrected chi connectivity index (χ1v) is 8.75. The number of piperidine rings is 1. The van der Waals surface area contributed by atoms with E-state index in [4.69, 9.17) is 4.74 Å². The Hall–Kier alpha value is -0.670. The van der Waals surface area contributed by atoms with Crippen LogP contribution in [0.3, 0.4) is 0 Å². The van der Waals surface area contributed by atoms with Crippen molar-refractivity contribution < 1.29 is 4.74 Å². The van der Waals surface area contributed by atoms with Gasteiger partial charge < -0.3 is 9.64 Å². The topological polar surface area (TPSA) is 12.5 Å². The number of likely N-dealkylation sites (tertiary alicyclic amines) is 1. The molecule has 1 heterocycles. The first-order valence-electron chi connectivity index (χ1n) is 7.76. The zero-order chi connectivity index (χ0) is 14.1. The van der Waals surface area contributed by atoms with E-state index >= 15 is 0 Å². The number of hydrogen-bond donors (Lipinski definition) is 0. The number of fused-ring (bicyclic) bond motifs is 2. The first kappa shape index (κ1) is 14.3. The van der Waals surface area contributed by atoms with Gasteiger partial charge in [0.15, 0.2) is 0 Å². The van der Waals surface area contributed by atoms with Crippen molar-refractivity contribution in [3.8, 4) is 5.75 Å². The van der Waals surface area contributed by atoms with Gasteiger partial charge in [0.1, 0.15) is 5.75 Å². The van der Waals surface area contributed by atoms with Crippen molar-refractivity contribution in [2.24, 2.45) is 5.92 Å². The highest BCUT2D eigenvalue weighted by atomic mass is 32.2. The summed E-state index contributed by atoms with van der Waals surface area (Å²) in [5.74, 6) is 3.08. The van der Waals surface area contributed by atoms with Crippen LogP contribution in [-0.4, -0.2) is 37.4 Å². The van der Waals surface area contributed by atoms with Gasteiger partial charge in [0, 0.05) is 10.9 Å². The van der Waals surface area contributed by atoms with Crippen molar-refractivity contribution in [1.82, 2.24) is 4.90 Å². The third kappa shape index (κ3) is 2.46. The van der Waals surface area contributed by atoms with Crippen LogP contribution in [0.5, 0.6) is 5.75 Å². The van der Waals surface area contributed by atoms with E-state index in [1.807, 2.05) is 11.8 Å². The smallest absolute Gasteiger partial charge is 0.122 e. The Kier molecular flexibility index (Phi) is 4.27. The van der Waals surface area contributed by atoms with Crippen LogP contribution in [0.15, 0.2) is 17.0 Å². The van der Waals surface area contributed by atoms with Crippen molar-refractivity contribution in [3.63, 3.8) is 0 Å². The van der Waals surface area contributed by atoms with Gasteiger partial charge >= 0.3 is 0 Å². The summed E-state index contributed by atoms with van der Waals surface area (Å²) in [5.41, 5.74) is 3.05. The normalized spacial score (nSPS) is 25.9. The highest BCUT2D eigenvalue weighted by Gasteiger charge is 2.35. The Labute approximate surface area is 126 Å². The second kappa shape index (κ2) is 5.98. The third-order valence-corrected chi connectivity index (χ3v) is 5.92. The molecule has 0 bridgehead atoms. The summed E-state index contributed by atoms with van der Waals surface area (Å²) < 4.78 is 5.63. The van der Waals surface area contributed by atoms with E-state index in [0.717, 1.165) is 23.8 Å². The number of nitrogens with zero attached hydrogens (tertiary/aromatic N) is 1. The highest BCUT2D eigenvalue weighted by molar-refractivity contribution is 7.99. The summed E-state index contributed by atoms with van der Waals surface area (Å²) in [6.07, 6.45) is 5.15. The molecule has 0 radical (unpaired) electrons. The molecule has 0 aromatic heterocycles. The summed E-state index contributed by atoms with van der Waals surface area (Å²) in [7, 11) is 4.10. The fraction of sp³-hybridized carbons (Fsp3) is 0.647. The van der Waals surface area contributed by atoms with Crippen LogP contribution in [0, 0.1) is 5.92 Å². The van der Waals surface area contributed by atoms with Gasteiger partial charge in [-0.2, -0.15) is 0 Å². The average molecular weight is 291 g/mol. The van der Waals surface area contributed by atoms with E-state index in [2.05, 4.69) is 31.0 Å². The minimum absolute atomic E-state index is 0.715. The van der Waals surface area contributed by atoms with E-state index < -0.39 is 0 Å². The van der Waals surface area contributed by atoms with E-state index in [9.17, 15) is 0 Å². The molecule has 1 aromatic rings. The molecular weight excluding hydrogens is 266 g/mol. The monoisotopic (exact) mass is 291 g/mol. The molecule has 2 aliphatic rings. The van der Waals surface area contributed by atoms with E-state index in [-0.39, 0.29) is 0 Å². The zero-order valence-corrected chi connectivity index (χ0v) is 13.6. The van der Waals surface area contributed by atoms with Crippen molar-refractivity contribution in [3.05, 3.63) is 23.3 Å². The second-order valence-corrected chi connectivity index (χ2v) is 7.32. The lowest BCUT2D eigenvalue weighted by Crippen LogP contribution is -2.47. The van der Waals surface area contributed by atoms with Crippen LogP contribution in [0.25, 0.3) is 0 Å². The predicted octanol–water partition coefficient (Wildman–Crippen LogP) is 3.62. The summed E-state index contributed by atoms with van der Waals surface area (Å²) >= 11 is 1.98. The van der Waals surface area contributed by atoms with E-state index in [1.54, 1.807) is 12.7 Å². The van der Waals surface area contributed by atoms with Crippen molar-refractivity contribution >= 4 is 11.8 Å². The van der Waals surface area contributed by atoms with Crippen LogP contribution >= 0.6 is 11.8 Å². The Morgan fingerprint density at radius 2 is 2.15 bits per heavy atom. The minimum Gasteiger partial charge on any atom is -0.496 e. The predicted molar refractivity (Wildman–Crippen MR) is 85.9 cm³/mol. The van der Waals surface area contributed by atoms with Crippen molar-refractivity contribution in [2.45, 2.75) is 43.5 Å². The molecule has 0 unspecified atom stereocenters. The zero-order valence-electron chi connectivity index (χ0n) is 12.8. The molecule has 0 amide bonds. The van der Waals surface area contributed by atoms with Crippen LogP contribution < -0.4 is 4.74 Å². The number of likely N-dealkylation sites (N-methyl/N-ethyl adjacent to an activating group) is 1. The lowest BCUT2D eigenvalue weighted by Gasteiger charge is -2.43. The summed E-state index contributed by atoms with van der Waals surface area (Å²) in [4.78, 5) is 4.05. The molecule has 0 spiro atoms. The number of hydrogen-bond acceptors (Lipinski definition) is 3. The van der Waals surface area contributed by atoms with Gasteiger partial charge in [-0.05, 0) is 74.2 Å². The Bertz CT molecular complexity index is 488. The van der Waals surface area contributed by atoms with Crippen LogP contribution in [-0.2, 0) is 12.8 Å². The maximum atomic E-state index is 5.63. The molecule has 1 aliphatic carbocycles. The Morgan fingerprint density at radius 1 is 1.30 bits per heavy atom. The number of methoxy groups -OCH3 is 1. The molecule has 20 heavy (non-hydrogen) atoms. The maximum Gasteiger partial charge on any atom is 0.122 e. The molecule has 0 saturated carbocycles. The number of thioether (sulfide) groups is 1. The average Bonchev–Trinajstić information content (AvgIpc) is 2.47. The van der Waals surface area contributed by atoms with Gasteiger partial charge in [-0.1, -0.05) is 6.92 Å². The van der Waals surface area contributed by atoms with Gasteiger partial charge in [0.2, 0.25) is 0 Å². The van der Waals surface area contributed by atoms with Gasteiger partial charge in [-0.15, -0.1) is 11.8 Å². The third-order valence-electron chi connectivity index (χ3n) is 4.94. The van der Waals surface area contributed by atoms with Gasteiger partial charge in [0.05, 0.1) is 7.11 Å². The molecule has 1 saturated heterocycles. The first-order chi connectivity index (χ1) is 9.74. The highest BCUT2D eigenvalue weighted by Crippen LogP contribution is 2.41. The molecule has 2 atom stereocenters. The summed E-state index contributed by atoms with van der Waals surface area (Å²) in [5, 5.41) is 0. The SMILES string of the molecule is CCSc1ccc(OC)c2c1C[C@@H]1CCCN(C)[C@H]1C2. The van der Waals surface area contributed by atoms with Gasteiger partial charge in [-0.25, -0.2) is 0 Å². The molecule has 2 nitrogen and oxygen atoms in total. The fourth-order valence-corrected chi connectivity index (χ4v) is 4.79. The van der Waals surface area contributed by atoms with E-state index in [0.29, 0.717) is 6.04 Å². The Balaban J connectivity index is 2.00. The molecule has 1 fully saturated rings. The van der Waals surface area contributed by atoms with E-state index in [1.165, 1.54) is 36.3 Å². The van der Waals surface area contributed by atoms with Crippen LogP contribution in [0.1, 0.15) is 30.9 Å². The van der Waals surface area contributed by atoms with Gasteiger partial charge in [0.25, 0.3) is 0 Å². The Morgan fingerprint density at radius 3 is 2.90 bits per heavy atom. The molecule has 3 rings (SSSR count). The van der Waals surface area contributed by atoms with Crippen LogP contribution in [0.2, 0.25) is 0 Å². The number of ether oxygens (including phenoxy) is 1. The molecule has 110 valence electrons. The summed E-state index contributed by atoms with van der Waals surface area (Å²) in [6.45, 7) is 3.49. The van der Waals surface area contributed by atoms with Crippen LogP contribution in [0.4, 0.5) is 0 Å². The standard InChI is InChI=1S/C17H25NOS/c1-4-20-17-8-7-16(19-3)13-11-15-12(10-14(13)17)6-5-9-18(15)2/h7-8,12,15H,4-6,9-11H2,1-3H3/t12-,15-/m0/s1.